The first-order valence-electron chi connectivity index (χ1n) is 6.34. The number of aromatic nitrogens is 1. The lowest BCUT2D eigenvalue weighted by molar-refractivity contribution is 0.0955. The van der Waals surface area contributed by atoms with Crippen LogP contribution in [0.1, 0.15) is 16.1 Å². The van der Waals surface area contributed by atoms with E-state index in [0.29, 0.717) is 15.8 Å². The van der Waals surface area contributed by atoms with E-state index in [1.165, 1.54) is 6.07 Å². The summed E-state index contributed by atoms with van der Waals surface area (Å²) in [6, 6.07) is 8.36. The van der Waals surface area contributed by atoms with Crippen molar-refractivity contribution in [2.75, 3.05) is 17.0 Å². The molecule has 0 aliphatic carbocycles. The Bertz CT molecular complexity index is 773. The molecule has 0 spiro atoms. The molecule has 1 aromatic heterocycles. The average Bonchev–Trinajstić information content (AvgIpc) is 2.83. The van der Waals surface area contributed by atoms with Crippen LogP contribution in [0.5, 0.6) is 0 Å². The first-order valence-corrected chi connectivity index (χ1v) is 8.78. The second-order valence-electron chi connectivity index (χ2n) is 4.48. The van der Waals surface area contributed by atoms with Crippen molar-refractivity contribution in [1.29, 1.82) is 0 Å². The minimum atomic E-state index is -3.61. The molecule has 0 atom stereocenters. The number of carbonyl (C=O) groups excluding carboxylic acids is 1. The third-order valence-electron chi connectivity index (χ3n) is 2.66. The molecule has 7 nitrogen and oxygen atoms in total. The fourth-order valence-corrected chi connectivity index (χ4v) is 3.02. The van der Waals surface area contributed by atoms with Crippen LogP contribution in [0.15, 0.2) is 39.3 Å². The van der Waals surface area contributed by atoms with Crippen molar-refractivity contribution in [3.8, 4) is 0 Å². The highest BCUT2D eigenvalue weighted by molar-refractivity contribution is 9.10. The van der Waals surface area contributed by atoms with Gasteiger partial charge in [-0.1, -0.05) is 17.3 Å². The predicted octanol–water partition coefficient (Wildman–Crippen LogP) is 1.92. The molecular weight excluding hydrogens is 374 g/mol. The van der Waals surface area contributed by atoms with Crippen molar-refractivity contribution in [1.82, 2.24) is 10.5 Å². The zero-order valence-electron chi connectivity index (χ0n) is 11.7. The van der Waals surface area contributed by atoms with Gasteiger partial charge in [-0.2, -0.15) is 0 Å². The molecule has 2 N–H and O–H groups in total. The Labute approximate surface area is 136 Å². The van der Waals surface area contributed by atoms with Crippen LogP contribution in [0.4, 0.5) is 5.82 Å². The number of nitrogens with zero attached hydrogens (tertiary/aromatic N) is 1. The minimum Gasteiger partial charge on any atom is -0.360 e. The zero-order valence-corrected chi connectivity index (χ0v) is 14.1. The van der Waals surface area contributed by atoms with Gasteiger partial charge in [-0.05, 0) is 35.0 Å². The SMILES string of the molecule is Cc1cc(NS(=O)(=O)CCNC(=O)c2ccccc2Br)no1. The van der Waals surface area contributed by atoms with Gasteiger partial charge in [-0.25, -0.2) is 8.42 Å². The summed E-state index contributed by atoms with van der Waals surface area (Å²) >= 11 is 3.26. The molecule has 1 amide bonds. The summed E-state index contributed by atoms with van der Waals surface area (Å²) in [6.45, 7) is 1.63. The number of halogens is 1. The van der Waals surface area contributed by atoms with Crippen molar-refractivity contribution in [2.45, 2.75) is 6.92 Å². The topological polar surface area (TPSA) is 101 Å². The predicted molar refractivity (Wildman–Crippen MR) is 85.1 cm³/mol. The summed E-state index contributed by atoms with van der Waals surface area (Å²) in [5, 5.41) is 6.10. The second-order valence-corrected chi connectivity index (χ2v) is 7.18. The largest absolute Gasteiger partial charge is 0.360 e. The number of aryl methyl sites for hydroxylation is 1. The first kappa shape index (κ1) is 16.5. The number of benzene rings is 1. The first-order chi connectivity index (χ1) is 10.4. The molecule has 2 rings (SSSR count). The van der Waals surface area contributed by atoms with Gasteiger partial charge >= 0.3 is 0 Å². The third kappa shape index (κ3) is 4.57. The van der Waals surface area contributed by atoms with E-state index in [0.717, 1.165) is 0 Å². The lowest BCUT2D eigenvalue weighted by Crippen LogP contribution is -2.31. The number of anilines is 1. The Morgan fingerprint density at radius 2 is 2.09 bits per heavy atom. The highest BCUT2D eigenvalue weighted by Gasteiger charge is 2.14. The Kier molecular flexibility index (Phi) is 5.19. The maximum atomic E-state index is 11.9. The Morgan fingerprint density at radius 3 is 2.73 bits per heavy atom. The molecule has 9 heteroatoms. The van der Waals surface area contributed by atoms with Gasteiger partial charge in [0, 0.05) is 17.1 Å². The number of sulfonamides is 1. The van der Waals surface area contributed by atoms with Crippen molar-refractivity contribution in [3.63, 3.8) is 0 Å². The molecule has 0 unspecified atom stereocenters. The van der Waals surface area contributed by atoms with Gasteiger partial charge in [0.25, 0.3) is 5.91 Å². The smallest absolute Gasteiger partial charge is 0.252 e. The summed E-state index contributed by atoms with van der Waals surface area (Å²) in [5.74, 6) is 0.00395. The standard InChI is InChI=1S/C13H14BrN3O4S/c1-9-8-12(16-21-9)17-22(19,20)7-6-15-13(18)10-4-2-3-5-11(10)14/h2-5,8H,6-7H2,1H3,(H,15,18)(H,16,17). The minimum absolute atomic E-state index is 0.0215. The van der Waals surface area contributed by atoms with E-state index in [4.69, 9.17) is 4.52 Å². The highest BCUT2D eigenvalue weighted by atomic mass is 79.9. The molecule has 2 aromatic rings. The number of rotatable bonds is 6. The molecular formula is C13H14BrN3O4S. The van der Waals surface area contributed by atoms with Gasteiger partial charge in [0.1, 0.15) is 5.76 Å². The van der Waals surface area contributed by atoms with Crippen LogP contribution in [0.25, 0.3) is 0 Å². The molecule has 0 radical (unpaired) electrons. The molecule has 118 valence electrons. The van der Waals surface area contributed by atoms with E-state index in [1.54, 1.807) is 31.2 Å². The molecule has 0 aliphatic heterocycles. The van der Waals surface area contributed by atoms with Gasteiger partial charge in [0.15, 0.2) is 5.82 Å². The molecule has 0 aliphatic rings. The summed E-state index contributed by atoms with van der Waals surface area (Å²) in [4.78, 5) is 11.9. The van der Waals surface area contributed by atoms with Crippen LogP contribution >= 0.6 is 15.9 Å². The molecule has 0 saturated heterocycles. The van der Waals surface area contributed by atoms with E-state index in [9.17, 15) is 13.2 Å². The lowest BCUT2D eigenvalue weighted by atomic mass is 10.2. The van der Waals surface area contributed by atoms with Crippen molar-refractivity contribution in [2.24, 2.45) is 0 Å². The number of hydrogen-bond acceptors (Lipinski definition) is 5. The normalized spacial score (nSPS) is 11.2. The summed E-state index contributed by atoms with van der Waals surface area (Å²) in [6.07, 6.45) is 0. The lowest BCUT2D eigenvalue weighted by Gasteiger charge is -2.08. The Balaban J connectivity index is 1.87. The summed E-state index contributed by atoms with van der Waals surface area (Å²) < 4.78 is 31.4. The van der Waals surface area contributed by atoms with Crippen LogP contribution in [0.3, 0.4) is 0 Å². The van der Waals surface area contributed by atoms with Crippen LogP contribution in [0.2, 0.25) is 0 Å². The molecule has 1 heterocycles. The van der Waals surface area contributed by atoms with Gasteiger partial charge in [-0.15, -0.1) is 0 Å². The number of amides is 1. The monoisotopic (exact) mass is 387 g/mol. The highest BCUT2D eigenvalue weighted by Crippen LogP contribution is 2.15. The fraction of sp³-hybridized carbons (Fsp3) is 0.231. The number of nitrogens with one attached hydrogen (secondary N) is 2. The molecule has 0 fully saturated rings. The van der Waals surface area contributed by atoms with E-state index < -0.39 is 10.0 Å². The van der Waals surface area contributed by atoms with Crippen molar-refractivity contribution >= 4 is 37.7 Å². The Morgan fingerprint density at radius 1 is 1.36 bits per heavy atom. The number of carbonyl (C=O) groups is 1. The molecule has 1 aromatic carbocycles. The Hall–Kier alpha value is -1.87. The van der Waals surface area contributed by atoms with Crippen LogP contribution in [-0.2, 0) is 10.0 Å². The van der Waals surface area contributed by atoms with E-state index in [-0.39, 0.29) is 24.0 Å². The van der Waals surface area contributed by atoms with Gasteiger partial charge in [0.05, 0.1) is 11.3 Å². The van der Waals surface area contributed by atoms with Crippen LogP contribution < -0.4 is 10.0 Å². The van der Waals surface area contributed by atoms with Gasteiger partial charge in [-0.3, -0.25) is 9.52 Å². The zero-order chi connectivity index (χ0) is 16.2. The molecule has 22 heavy (non-hydrogen) atoms. The molecule has 0 saturated carbocycles. The fourth-order valence-electron chi connectivity index (χ4n) is 1.66. The van der Waals surface area contributed by atoms with Crippen LogP contribution in [0, 0.1) is 6.92 Å². The van der Waals surface area contributed by atoms with Gasteiger partial charge in [0.2, 0.25) is 10.0 Å². The van der Waals surface area contributed by atoms with Crippen molar-refractivity contribution in [3.05, 3.63) is 46.1 Å². The van der Waals surface area contributed by atoms with Gasteiger partial charge < -0.3 is 9.84 Å². The maximum Gasteiger partial charge on any atom is 0.252 e. The van der Waals surface area contributed by atoms with Crippen LogP contribution in [-0.4, -0.2) is 31.8 Å². The van der Waals surface area contributed by atoms with E-state index in [2.05, 4.69) is 31.1 Å². The third-order valence-corrected chi connectivity index (χ3v) is 4.62. The maximum absolute atomic E-state index is 11.9. The number of hydrogen-bond donors (Lipinski definition) is 2. The van der Waals surface area contributed by atoms with E-state index >= 15 is 0 Å². The average molecular weight is 388 g/mol. The van der Waals surface area contributed by atoms with Crippen molar-refractivity contribution < 1.29 is 17.7 Å². The summed E-state index contributed by atoms with van der Waals surface area (Å²) in [5.41, 5.74) is 0.444. The summed E-state index contributed by atoms with van der Waals surface area (Å²) in [7, 11) is -3.61. The second kappa shape index (κ2) is 6.93. The van der Waals surface area contributed by atoms with E-state index in [1.807, 2.05) is 0 Å². The molecule has 0 bridgehead atoms. The quantitative estimate of drug-likeness (QED) is 0.788.